The minimum Gasteiger partial charge on any atom is -0.361 e. The molecule has 0 saturated carbocycles. The van der Waals surface area contributed by atoms with E-state index in [4.69, 9.17) is 5.53 Å². The van der Waals surface area contributed by atoms with Gasteiger partial charge in [0.2, 0.25) is 0 Å². The molecule has 0 aromatic carbocycles. The highest BCUT2D eigenvalue weighted by Gasteiger charge is 2.36. The summed E-state index contributed by atoms with van der Waals surface area (Å²) in [4.78, 5) is 14.6. The molecule has 0 aliphatic heterocycles. The molecule has 3 nitrogen and oxygen atoms in total. The van der Waals surface area contributed by atoms with Crippen molar-refractivity contribution in [3.05, 3.63) is 17.2 Å². The maximum Gasteiger partial charge on any atom is 0.342 e. The van der Waals surface area contributed by atoms with Crippen molar-refractivity contribution in [3.8, 4) is 0 Å². The van der Waals surface area contributed by atoms with E-state index in [9.17, 15) is 4.79 Å². The number of rotatable bonds is 1. The summed E-state index contributed by atoms with van der Waals surface area (Å²) < 4.78 is 0. The molecule has 0 heterocycles. The Balaban J connectivity index is 3.06. The normalized spacial score (nSPS) is 23.1. The van der Waals surface area contributed by atoms with Gasteiger partial charge in [-0.25, -0.2) is 0 Å². The van der Waals surface area contributed by atoms with Gasteiger partial charge >= 0.3 is 5.71 Å². The fourth-order valence-corrected chi connectivity index (χ4v) is 1.59. The van der Waals surface area contributed by atoms with E-state index in [1.165, 1.54) is 0 Å². The Morgan fingerprint density at radius 1 is 1.62 bits per heavy atom. The van der Waals surface area contributed by atoms with Crippen LogP contribution in [0.3, 0.4) is 0 Å². The zero-order valence-electron chi connectivity index (χ0n) is 8.24. The molecule has 0 aromatic heterocycles. The average molecular weight is 178 g/mol. The maximum absolute atomic E-state index is 11.5. The summed E-state index contributed by atoms with van der Waals surface area (Å²) in [5.74, 6) is 0.285. The third-order valence-electron chi connectivity index (χ3n) is 2.53. The van der Waals surface area contributed by atoms with Crippen molar-refractivity contribution in [2.24, 2.45) is 11.8 Å². The first-order valence-corrected chi connectivity index (χ1v) is 4.51. The Morgan fingerprint density at radius 3 is 2.69 bits per heavy atom. The van der Waals surface area contributed by atoms with E-state index in [0.29, 0.717) is 17.2 Å². The molecule has 0 bridgehead atoms. The van der Waals surface area contributed by atoms with Gasteiger partial charge in [0.15, 0.2) is 0 Å². The highest BCUT2D eigenvalue weighted by atomic mass is 16.1. The van der Waals surface area contributed by atoms with Crippen LogP contribution in [0.2, 0.25) is 0 Å². The Hall–Kier alpha value is -1.21. The highest BCUT2D eigenvalue weighted by molar-refractivity contribution is 6.44. The van der Waals surface area contributed by atoms with Crippen LogP contribution < -0.4 is 0 Å². The molecule has 0 N–H and O–H groups in total. The van der Waals surface area contributed by atoms with Gasteiger partial charge < -0.3 is 5.53 Å². The molecule has 0 radical (unpaired) electrons. The molecule has 1 aliphatic rings. The van der Waals surface area contributed by atoms with Gasteiger partial charge in [-0.1, -0.05) is 19.9 Å². The standard InChI is InChI=1S/C10H14N2O/c1-6(2)8-5-4-7(3)10(13)9(8)12-11/h4,6,8H,5H2,1-3H3/t8-/m0/s1. The summed E-state index contributed by atoms with van der Waals surface area (Å²) in [6, 6.07) is 0. The van der Waals surface area contributed by atoms with Gasteiger partial charge in [0.05, 0.1) is 5.92 Å². The molecule has 0 unspecified atom stereocenters. The fraction of sp³-hybridized carbons (Fsp3) is 0.600. The Labute approximate surface area is 78.1 Å². The van der Waals surface area contributed by atoms with Gasteiger partial charge in [0, 0.05) is 5.57 Å². The lowest BCUT2D eigenvalue weighted by molar-refractivity contribution is -0.115. The Bertz CT molecular complexity index is 309. The molecule has 1 rings (SSSR count). The molecule has 13 heavy (non-hydrogen) atoms. The quantitative estimate of drug-likeness (QED) is 0.446. The topological polar surface area (TPSA) is 53.5 Å². The first kappa shape index (κ1) is 9.87. The second kappa shape index (κ2) is 3.67. The van der Waals surface area contributed by atoms with E-state index in [0.717, 1.165) is 6.42 Å². The molecular formula is C10H14N2O. The highest BCUT2D eigenvalue weighted by Crippen LogP contribution is 2.23. The number of carbonyl (C=O) groups excluding carboxylic acids is 1. The lowest BCUT2D eigenvalue weighted by Gasteiger charge is -2.18. The van der Waals surface area contributed by atoms with E-state index < -0.39 is 0 Å². The van der Waals surface area contributed by atoms with Crippen LogP contribution in [-0.4, -0.2) is 16.3 Å². The molecule has 70 valence electrons. The Morgan fingerprint density at radius 2 is 2.23 bits per heavy atom. The zero-order chi connectivity index (χ0) is 10.0. The Kier molecular flexibility index (Phi) is 2.79. The first-order valence-electron chi connectivity index (χ1n) is 4.51. The van der Waals surface area contributed by atoms with Crippen LogP contribution in [-0.2, 0) is 4.79 Å². The van der Waals surface area contributed by atoms with E-state index in [-0.39, 0.29) is 11.7 Å². The van der Waals surface area contributed by atoms with Gasteiger partial charge in [-0.15, -0.1) is 0 Å². The number of nitrogens with zero attached hydrogens (tertiary/aromatic N) is 2. The van der Waals surface area contributed by atoms with Crippen LogP contribution in [0.25, 0.3) is 5.53 Å². The molecule has 3 heteroatoms. The van der Waals surface area contributed by atoms with Crippen molar-refractivity contribution in [2.45, 2.75) is 27.2 Å². The van der Waals surface area contributed by atoms with Crippen LogP contribution in [0.4, 0.5) is 0 Å². The average Bonchev–Trinajstić information content (AvgIpc) is 2.09. The zero-order valence-corrected chi connectivity index (χ0v) is 8.24. The van der Waals surface area contributed by atoms with Crippen molar-refractivity contribution in [1.29, 1.82) is 0 Å². The minimum absolute atomic E-state index is 0.0706. The number of ketones is 1. The van der Waals surface area contributed by atoms with Gasteiger partial charge in [-0.05, 0) is 19.3 Å². The van der Waals surface area contributed by atoms with E-state index in [1.54, 1.807) is 6.92 Å². The number of Topliss-reactive ketones (excluding diaryl/α,β-unsaturated/α-hetero) is 1. The molecule has 1 aliphatic carbocycles. The lowest BCUT2D eigenvalue weighted by Crippen LogP contribution is -2.32. The van der Waals surface area contributed by atoms with Gasteiger partial charge in [0.25, 0.3) is 5.78 Å². The third-order valence-corrected chi connectivity index (χ3v) is 2.53. The summed E-state index contributed by atoms with van der Waals surface area (Å²) in [5.41, 5.74) is 9.74. The summed E-state index contributed by atoms with van der Waals surface area (Å²) in [5, 5.41) is 0. The molecule has 0 amide bonds. The summed E-state index contributed by atoms with van der Waals surface area (Å²) in [7, 11) is 0. The van der Waals surface area contributed by atoms with Crippen molar-refractivity contribution in [3.63, 3.8) is 0 Å². The smallest absolute Gasteiger partial charge is 0.342 e. The number of carbonyl (C=O) groups is 1. The van der Waals surface area contributed by atoms with Crippen LogP contribution in [0.15, 0.2) is 11.6 Å². The van der Waals surface area contributed by atoms with Crippen molar-refractivity contribution >= 4 is 11.5 Å². The van der Waals surface area contributed by atoms with Crippen molar-refractivity contribution in [1.82, 2.24) is 0 Å². The minimum atomic E-state index is -0.118. The number of hydrogen-bond donors (Lipinski definition) is 0. The summed E-state index contributed by atoms with van der Waals surface area (Å²) >= 11 is 0. The largest absolute Gasteiger partial charge is 0.361 e. The van der Waals surface area contributed by atoms with Crippen LogP contribution in [0, 0.1) is 11.8 Å². The maximum atomic E-state index is 11.5. The van der Waals surface area contributed by atoms with Crippen LogP contribution in [0.5, 0.6) is 0 Å². The van der Waals surface area contributed by atoms with E-state index in [2.05, 4.69) is 4.79 Å². The van der Waals surface area contributed by atoms with E-state index >= 15 is 0 Å². The SMILES string of the molecule is CC1=CC[C@@H](C(C)C)C(=[N+]=[N-])C1=O. The molecule has 0 aromatic rings. The molecule has 0 saturated heterocycles. The third kappa shape index (κ3) is 1.76. The summed E-state index contributed by atoms with van der Waals surface area (Å²) in [6.45, 7) is 5.80. The van der Waals surface area contributed by atoms with Gasteiger partial charge in [0.1, 0.15) is 0 Å². The fourth-order valence-electron chi connectivity index (χ4n) is 1.59. The number of hydrogen-bond acceptors (Lipinski definition) is 1. The second-order valence-electron chi connectivity index (χ2n) is 3.79. The predicted molar refractivity (Wildman–Crippen MR) is 50.3 cm³/mol. The van der Waals surface area contributed by atoms with Gasteiger partial charge in [-0.2, -0.15) is 4.79 Å². The van der Waals surface area contributed by atoms with Crippen molar-refractivity contribution < 1.29 is 9.58 Å². The molecular weight excluding hydrogens is 164 g/mol. The lowest BCUT2D eigenvalue weighted by atomic mass is 9.80. The molecule has 0 spiro atoms. The predicted octanol–water partition coefficient (Wildman–Crippen LogP) is 1.85. The van der Waals surface area contributed by atoms with Crippen LogP contribution in [0.1, 0.15) is 27.2 Å². The first-order chi connectivity index (χ1) is 6.07. The van der Waals surface area contributed by atoms with Crippen LogP contribution >= 0.6 is 0 Å². The van der Waals surface area contributed by atoms with Gasteiger partial charge in [-0.3, -0.25) is 4.79 Å². The van der Waals surface area contributed by atoms with E-state index in [1.807, 2.05) is 19.9 Å². The monoisotopic (exact) mass is 178 g/mol. The summed E-state index contributed by atoms with van der Waals surface area (Å²) in [6.07, 6.45) is 2.72. The molecule has 1 atom stereocenters. The molecule has 0 fully saturated rings. The number of allylic oxidation sites excluding steroid dienone is 2. The van der Waals surface area contributed by atoms with Crippen molar-refractivity contribution in [2.75, 3.05) is 0 Å². The second-order valence-corrected chi connectivity index (χ2v) is 3.79.